The van der Waals surface area contributed by atoms with Gasteiger partial charge in [-0.05, 0) is 20.3 Å². The summed E-state index contributed by atoms with van der Waals surface area (Å²) in [4.78, 5) is 12.1. The lowest BCUT2D eigenvalue weighted by Gasteiger charge is -2.35. The molecule has 23 heavy (non-hydrogen) atoms. The fraction of sp³-hybridized carbons (Fsp3) is 0.950. The molecule has 2 N–H and O–H groups in total. The summed E-state index contributed by atoms with van der Waals surface area (Å²) in [7, 11) is 0. The van der Waals surface area contributed by atoms with Gasteiger partial charge in [0, 0.05) is 25.2 Å². The van der Waals surface area contributed by atoms with Crippen molar-refractivity contribution in [1.82, 2.24) is 0 Å². The predicted molar refractivity (Wildman–Crippen MR) is 96.4 cm³/mol. The Morgan fingerprint density at radius 1 is 0.957 bits per heavy atom. The van der Waals surface area contributed by atoms with Crippen LogP contribution < -0.4 is 5.32 Å². The second-order valence-electron chi connectivity index (χ2n) is 7.80. The Labute approximate surface area is 143 Å². The van der Waals surface area contributed by atoms with E-state index in [9.17, 15) is 4.79 Å². The Kier molecular flexibility index (Phi) is 10.6. The van der Waals surface area contributed by atoms with Crippen molar-refractivity contribution >= 4 is 5.97 Å². The van der Waals surface area contributed by atoms with Crippen LogP contribution in [0.15, 0.2) is 0 Å². The molecule has 1 aliphatic rings. The van der Waals surface area contributed by atoms with Crippen LogP contribution in [0.5, 0.6) is 0 Å². The topological polar surface area (TPSA) is 42.9 Å². The molecule has 1 rings (SSSR count). The van der Waals surface area contributed by atoms with Crippen molar-refractivity contribution in [2.24, 2.45) is 5.92 Å². The van der Waals surface area contributed by atoms with Gasteiger partial charge in [0.1, 0.15) is 5.60 Å². The highest BCUT2D eigenvalue weighted by Crippen LogP contribution is 2.28. The summed E-state index contributed by atoms with van der Waals surface area (Å²) < 4.78 is 5.80. The smallest absolute Gasteiger partial charge is 0.306 e. The van der Waals surface area contributed by atoms with Crippen LogP contribution in [-0.4, -0.2) is 24.7 Å². The lowest BCUT2D eigenvalue weighted by atomic mass is 9.83. The number of rotatable bonds is 12. The van der Waals surface area contributed by atoms with Crippen LogP contribution in [0, 0.1) is 5.92 Å². The van der Waals surface area contributed by atoms with Gasteiger partial charge in [-0.3, -0.25) is 4.79 Å². The maximum atomic E-state index is 12.1. The molecule has 1 aliphatic heterocycles. The first-order valence-corrected chi connectivity index (χ1v) is 10.1. The van der Waals surface area contributed by atoms with Crippen LogP contribution in [-0.2, 0) is 9.53 Å². The van der Waals surface area contributed by atoms with Crippen molar-refractivity contribution in [2.45, 2.75) is 103 Å². The molecular formula is C20H40NO2+. The number of quaternary nitrogens is 1. The maximum absolute atomic E-state index is 12.1. The summed E-state index contributed by atoms with van der Waals surface area (Å²) >= 11 is 0. The highest BCUT2D eigenvalue weighted by Gasteiger charge is 2.35. The van der Waals surface area contributed by atoms with E-state index in [2.05, 4.69) is 26.1 Å². The predicted octanol–water partition coefficient (Wildman–Crippen LogP) is 4.20. The van der Waals surface area contributed by atoms with Crippen LogP contribution in [0.3, 0.4) is 0 Å². The molecular weight excluding hydrogens is 286 g/mol. The van der Waals surface area contributed by atoms with E-state index in [1.54, 1.807) is 0 Å². The summed E-state index contributed by atoms with van der Waals surface area (Å²) in [6, 6.07) is 0. The third kappa shape index (κ3) is 9.34. The zero-order valence-corrected chi connectivity index (χ0v) is 15.9. The van der Waals surface area contributed by atoms with Gasteiger partial charge in [0.25, 0.3) is 0 Å². The molecule has 1 heterocycles. The van der Waals surface area contributed by atoms with Crippen molar-refractivity contribution in [2.75, 3.05) is 13.1 Å². The molecule has 3 heteroatoms. The van der Waals surface area contributed by atoms with E-state index < -0.39 is 0 Å². The van der Waals surface area contributed by atoms with Crippen molar-refractivity contribution in [3.8, 4) is 0 Å². The SMILES string of the molecule is CCCCCCCCCCCC(=O)OC(C)(C)C1CC[NH2+]CC1. The minimum absolute atomic E-state index is 0.00694. The third-order valence-corrected chi connectivity index (χ3v) is 5.28. The van der Waals surface area contributed by atoms with Gasteiger partial charge in [-0.1, -0.05) is 58.3 Å². The van der Waals surface area contributed by atoms with E-state index >= 15 is 0 Å². The molecule has 1 saturated heterocycles. The van der Waals surface area contributed by atoms with Crippen molar-refractivity contribution < 1.29 is 14.8 Å². The van der Waals surface area contributed by atoms with Crippen LogP contribution in [0.4, 0.5) is 0 Å². The Hall–Kier alpha value is -0.570. The van der Waals surface area contributed by atoms with Crippen LogP contribution in [0.2, 0.25) is 0 Å². The van der Waals surface area contributed by atoms with Gasteiger partial charge in [-0.25, -0.2) is 0 Å². The molecule has 0 radical (unpaired) electrons. The summed E-state index contributed by atoms with van der Waals surface area (Å²) in [5.41, 5.74) is -0.287. The monoisotopic (exact) mass is 326 g/mol. The zero-order chi connectivity index (χ0) is 17.0. The van der Waals surface area contributed by atoms with Crippen LogP contribution >= 0.6 is 0 Å². The minimum atomic E-state index is -0.287. The molecule has 0 aliphatic carbocycles. The number of hydrogen-bond acceptors (Lipinski definition) is 2. The number of carbonyl (C=O) groups is 1. The summed E-state index contributed by atoms with van der Waals surface area (Å²) in [5, 5.41) is 2.36. The third-order valence-electron chi connectivity index (χ3n) is 5.28. The Morgan fingerprint density at radius 2 is 1.48 bits per heavy atom. The van der Waals surface area contributed by atoms with Gasteiger partial charge in [0.05, 0.1) is 13.1 Å². The lowest BCUT2D eigenvalue weighted by Crippen LogP contribution is -2.86. The standard InChI is InChI=1S/C20H39NO2/c1-4-5-6-7-8-9-10-11-12-13-19(22)23-20(2,3)18-14-16-21-17-15-18/h18,21H,4-17H2,1-3H3/p+1. The maximum Gasteiger partial charge on any atom is 0.306 e. The first-order chi connectivity index (χ1) is 11.1. The molecule has 0 bridgehead atoms. The van der Waals surface area contributed by atoms with E-state index in [-0.39, 0.29) is 11.6 Å². The van der Waals surface area contributed by atoms with E-state index in [1.165, 1.54) is 64.5 Å². The van der Waals surface area contributed by atoms with Crippen molar-refractivity contribution in [1.29, 1.82) is 0 Å². The van der Waals surface area contributed by atoms with Crippen molar-refractivity contribution in [3.05, 3.63) is 0 Å². The van der Waals surface area contributed by atoms with E-state index in [0.29, 0.717) is 12.3 Å². The van der Waals surface area contributed by atoms with Crippen LogP contribution in [0.1, 0.15) is 97.8 Å². The molecule has 0 spiro atoms. The zero-order valence-electron chi connectivity index (χ0n) is 15.9. The molecule has 0 amide bonds. The number of unbranched alkanes of at least 4 members (excludes halogenated alkanes) is 8. The highest BCUT2D eigenvalue weighted by atomic mass is 16.6. The van der Waals surface area contributed by atoms with Gasteiger partial charge in [-0.2, -0.15) is 0 Å². The quantitative estimate of drug-likeness (QED) is 0.431. The molecule has 0 saturated carbocycles. The molecule has 0 unspecified atom stereocenters. The fourth-order valence-corrected chi connectivity index (χ4v) is 3.63. The molecule has 0 atom stereocenters. The van der Waals surface area contributed by atoms with Gasteiger partial charge in [0.15, 0.2) is 0 Å². The number of carbonyl (C=O) groups excluding carboxylic acids is 1. The number of piperidine rings is 1. The summed E-state index contributed by atoms with van der Waals surface area (Å²) in [6.45, 7) is 8.79. The highest BCUT2D eigenvalue weighted by molar-refractivity contribution is 5.69. The lowest BCUT2D eigenvalue weighted by molar-refractivity contribution is -0.665. The molecule has 136 valence electrons. The first-order valence-electron chi connectivity index (χ1n) is 10.1. The Bertz CT molecular complexity index is 309. The number of hydrogen-bond donors (Lipinski definition) is 1. The summed E-state index contributed by atoms with van der Waals surface area (Å²) in [6.07, 6.45) is 14.5. The molecule has 0 aromatic rings. The van der Waals surface area contributed by atoms with E-state index in [1.807, 2.05) is 0 Å². The minimum Gasteiger partial charge on any atom is -0.459 e. The summed E-state index contributed by atoms with van der Waals surface area (Å²) in [5.74, 6) is 0.534. The van der Waals surface area contributed by atoms with E-state index in [4.69, 9.17) is 4.74 Å². The van der Waals surface area contributed by atoms with Gasteiger partial charge in [0.2, 0.25) is 0 Å². The fourth-order valence-electron chi connectivity index (χ4n) is 3.63. The molecule has 0 aromatic heterocycles. The normalized spacial score (nSPS) is 16.5. The first kappa shape index (κ1) is 20.5. The average Bonchev–Trinajstić information content (AvgIpc) is 2.54. The largest absolute Gasteiger partial charge is 0.459 e. The number of esters is 1. The van der Waals surface area contributed by atoms with Crippen molar-refractivity contribution in [3.63, 3.8) is 0 Å². The van der Waals surface area contributed by atoms with Crippen LogP contribution in [0.25, 0.3) is 0 Å². The molecule has 1 fully saturated rings. The number of nitrogens with two attached hydrogens (primary N) is 1. The molecule has 0 aromatic carbocycles. The second kappa shape index (κ2) is 11.9. The van der Waals surface area contributed by atoms with E-state index in [0.717, 1.165) is 19.3 Å². The molecule has 3 nitrogen and oxygen atoms in total. The number of ether oxygens (including phenoxy) is 1. The average molecular weight is 327 g/mol. The van der Waals surface area contributed by atoms with Gasteiger partial charge in [-0.15, -0.1) is 0 Å². The Morgan fingerprint density at radius 3 is 2.04 bits per heavy atom. The second-order valence-corrected chi connectivity index (χ2v) is 7.80. The Balaban J connectivity index is 2.03. The van der Waals surface area contributed by atoms with Gasteiger partial charge < -0.3 is 10.1 Å². The van der Waals surface area contributed by atoms with Gasteiger partial charge >= 0.3 is 5.97 Å².